The predicted octanol–water partition coefficient (Wildman–Crippen LogP) is 3.59. The summed E-state index contributed by atoms with van der Waals surface area (Å²) < 4.78 is 1.35. The van der Waals surface area contributed by atoms with Crippen molar-refractivity contribution in [3.8, 4) is 0 Å². The molecule has 29 heavy (non-hydrogen) atoms. The highest BCUT2D eigenvalue weighted by Gasteiger charge is 2.20. The predicted molar refractivity (Wildman–Crippen MR) is 122 cm³/mol. The SMILES string of the molecule is C=CCN(CC=C)c1ncnc(N2CCN(Cc3ccc4sccc4c3)CC2)n1. The third-order valence-corrected chi connectivity index (χ3v) is 6.00. The van der Waals surface area contributed by atoms with Crippen LogP contribution in [-0.4, -0.2) is 59.1 Å². The minimum atomic E-state index is 0.668. The van der Waals surface area contributed by atoms with Crippen LogP contribution in [0.5, 0.6) is 0 Å². The van der Waals surface area contributed by atoms with E-state index in [1.165, 1.54) is 15.6 Å². The van der Waals surface area contributed by atoms with Gasteiger partial charge in [0.15, 0.2) is 0 Å². The zero-order chi connectivity index (χ0) is 20.1. The number of nitrogens with zero attached hydrogens (tertiary/aromatic N) is 6. The van der Waals surface area contributed by atoms with Gasteiger partial charge in [-0.05, 0) is 34.5 Å². The van der Waals surface area contributed by atoms with Crippen LogP contribution in [0, 0.1) is 0 Å². The minimum absolute atomic E-state index is 0.668. The summed E-state index contributed by atoms with van der Waals surface area (Å²) in [6.45, 7) is 13.8. The Bertz CT molecular complexity index is 966. The number of hydrogen-bond donors (Lipinski definition) is 0. The van der Waals surface area contributed by atoms with Gasteiger partial charge in [0.2, 0.25) is 11.9 Å². The summed E-state index contributed by atoms with van der Waals surface area (Å²) >= 11 is 1.80. The molecule has 3 heterocycles. The van der Waals surface area contributed by atoms with Crippen molar-refractivity contribution in [2.24, 2.45) is 0 Å². The van der Waals surface area contributed by atoms with Gasteiger partial charge in [0, 0.05) is 50.5 Å². The summed E-state index contributed by atoms with van der Waals surface area (Å²) in [6.07, 6.45) is 5.29. The molecule has 1 aliphatic rings. The molecule has 0 amide bonds. The molecule has 0 radical (unpaired) electrons. The van der Waals surface area contributed by atoms with Gasteiger partial charge in [0.1, 0.15) is 6.33 Å². The van der Waals surface area contributed by atoms with E-state index in [9.17, 15) is 0 Å². The van der Waals surface area contributed by atoms with Crippen molar-refractivity contribution in [3.05, 3.63) is 66.8 Å². The highest BCUT2D eigenvalue weighted by Crippen LogP contribution is 2.23. The van der Waals surface area contributed by atoms with Crippen molar-refractivity contribution in [2.45, 2.75) is 6.54 Å². The number of anilines is 2. The summed E-state index contributed by atoms with van der Waals surface area (Å²) in [5, 5.41) is 3.49. The van der Waals surface area contributed by atoms with E-state index in [1.54, 1.807) is 17.7 Å². The average Bonchev–Trinajstić information content (AvgIpc) is 3.22. The quantitative estimate of drug-likeness (QED) is 0.533. The first-order valence-electron chi connectivity index (χ1n) is 9.86. The number of fused-ring (bicyclic) bond motifs is 1. The first-order chi connectivity index (χ1) is 14.3. The molecule has 3 aromatic rings. The maximum Gasteiger partial charge on any atom is 0.230 e. The van der Waals surface area contributed by atoms with Crippen LogP contribution in [0.4, 0.5) is 11.9 Å². The Morgan fingerprint density at radius 3 is 2.59 bits per heavy atom. The summed E-state index contributed by atoms with van der Waals surface area (Å²) in [4.78, 5) is 20.2. The number of piperazine rings is 1. The van der Waals surface area contributed by atoms with Crippen LogP contribution in [0.15, 0.2) is 61.3 Å². The zero-order valence-electron chi connectivity index (χ0n) is 16.6. The van der Waals surface area contributed by atoms with Crippen molar-refractivity contribution in [1.29, 1.82) is 0 Å². The third-order valence-electron chi connectivity index (χ3n) is 5.11. The normalized spacial score (nSPS) is 14.8. The Kier molecular flexibility index (Phi) is 6.17. The van der Waals surface area contributed by atoms with Gasteiger partial charge < -0.3 is 9.80 Å². The van der Waals surface area contributed by atoms with Gasteiger partial charge in [-0.25, -0.2) is 9.97 Å². The molecule has 1 aliphatic heterocycles. The highest BCUT2D eigenvalue weighted by molar-refractivity contribution is 7.17. The van der Waals surface area contributed by atoms with Crippen LogP contribution in [0.1, 0.15) is 5.56 Å². The van der Waals surface area contributed by atoms with Crippen LogP contribution in [0.25, 0.3) is 10.1 Å². The summed E-state index contributed by atoms with van der Waals surface area (Å²) in [7, 11) is 0. The van der Waals surface area contributed by atoms with E-state index in [0.29, 0.717) is 19.0 Å². The Balaban J connectivity index is 1.38. The summed E-state index contributed by atoms with van der Waals surface area (Å²) in [5.41, 5.74) is 1.37. The number of hydrogen-bond acceptors (Lipinski definition) is 7. The summed E-state index contributed by atoms with van der Waals surface area (Å²) in [5.74, 6) is 1.41. The molecule has 1 fully saturated rings. The second kappa shape index (κ2) is 9.15. The van der Waals surface area contributed by atoms with Crippen molar-refractivity contribution in [1.82, 2.24) is 19.9 Å². The molecule has 2 aromatic heterocycles. The van der Waals surface area contributed by atoms with E-state index in [2.05, 4.69) is 67.6 Å². The van der Waals surface area contributed by atoms with Gasteiger partial charge >= 0.3 is 0 Å². The first kappa shape index (κ1) is 19.5. The van der Waals surface area contributed by atoms with Crippen molar-refractivity contribution >= 4 is 33.3 Å². The van der Waals surface area contributed by atoms with E-state index < -0.39 is 0 Å². The van der Waals surface area contributed by atoms with Crippen LogP contribution in [-0.2, 0) is 6.54 Å². The van der Waals surface area contributed by atoms with E-state index in [-0.39, 0.29) is 0 Å². The van der Waals surface area contributed by atoms with Crippen LogP contribution in [0.2, 0.25) is 0 Å². The van der Waals surface area contributed by atoms with Crippen LogP contribution in [0.3, 0.4) is 0 Å². The maximum atomic E-state index is 4.69. The monoisotopic (exact) mass is 406 g/mol. The highest BCUT2D eigenvalue weighted by atomic mass is 32.1. The Morgan fingerprint density at radius 1 is 1.03 bits per heavy atom. The standard InChI is InChI=1S/C22H26N6S/c1-3-8-27(9-4-2)21-23-17-24-22(25-21)28-12-10-26(11-13-28)16-18-5-6-20-19(15-18)7-14-29-20/h3-7,14-15,17H,1-2,8-13,16H2. The lowest BCUT2D eigenvalue weighted by atomic mass is 10.1. The molecule has 0 N–H and O–H groups in total. The zero-order valence-corrected chi connectivity index (χ0v) is 17.4. The van der Waals surface area contributed by atoms with Gasteiger partial charge in [0.05, 0.1) is 0 Å². The van der Waals surface area contributed by atoms with Gasteiger partial charge in [-0.15, -0.1) is 24.5 Å². The summed E-state index contributed by atoms with van der Waals surface area (Å²) in [6, 6.07) is 8.99. The number of benzene rings is 1. The molecule has 0 spiro atoms. The molecule has 6 nitrogen and oxygen atoms in total. The molecule has 0 unspecified atom stereocenters. The van der Waals surface area contributed by atoms with Crippen LogP contribution < -0.4 is 9.80 Å². The van der Waals surface area contributed by atoms with Crippen molar-refractivity contribution in [3.63, 3.8) is 0 Å². The largest absolute Gasteiger partial charge is 0.338 e. The lowest BCUT2D eigenvalue weighted by Crippen LogP contribution is -2.46. The van der Waals surface area contributed by atoms with Gasteiger partial charge in [-0.2, -0.15) is 4.98 Å². The van der Waals surface area contributed by atoms with Gasteiger partial charge in [-0.3, -0.25) is 4.90 Å². The van der Waals surface area contributed by atoms with E-state index >= 15 is 0 Å². The number of rotatable bonds is 8. The molecule has 1 aromatic carbocycles. The van der Waals surface area contributed by atoms with E-state index in [0.717, 1.165) is 38.7 Å². The molecule has 0 bridgehead atoms. The van der Waals surface area contributed by atoms with Crippen molar-refractivity contribution < 1.29 is 0 Å². The second-order valence-electron chi connectivity index (χ2n) is 7.12. The van der Waals surface area contributed by atoms with Gasteiger partial charge in [-0.1, -0.05) is 18.2 Å². The molecule has 0 atom stereocenters. The topological polar surface area (TPSA) is 48.4 Å². The molecular weight excluding hydrogens is 380 g/mol. The number of aromatic nitrogens is 3. The second-order valence-corrected chi connectivity index (χ2v) is 8.07. The fourth-order valence-corrected chi connectivity index (χ4v) is 4.38. The number of thiophene rings is 1. The fourth-order valence-electron chi connectivity index (χ4n) is 3.61. The minimum Gasteiger partial charge on any atom is -0.338 e. The van der Waals surface area contributed by atoms with E-state index in [1.807, 2.05) is 17.1 Å². The molecule has 1 saturated heterocycles. The van der Waals surface area contributed by atoms with Crippen molar-refractivity contribution in [2.75, 3.05) is 49.1 Å². The average molecular weight is 407 g/mol. The Morgan fingerprint density at radius 2 is 1.83 bits per heavy atom. The Hall–Kier alpha value is -2.77. The van der Waals surface area contributed by atoms with Gasteiger partial charge in [0.25, 0.3) is 0 Å². The fraction of sp³-hybridized carbons (Fsp3) is 0.318. The molecule has 0 saturated carbocycles. The lowest BCUT2D eigenvalue weighted by Gasteiger charge is -2.35. The molecular formula is C22H26N6S. The lowest BCUT2D eigenvalue weighted by molar-refractivity contribution is 0.249. The molecule has 0 aliphatic carbocycles. The Labute approximate surface area is 175 Å². The van der Waals surface area contributed by atoms with E-state index in [4.69, 9.17) is 0 Å². The molecule has 4 rings (SSSR count). The molecule has 7 heteroatoms. The first-order valence-corrected chi connectivity index (χ1v) is 10.7. The van der Waals surface area contributed by atoms with Crippen LogP contribution >= 0.6 is 11.3 Å². The third kappa shape index (κ3) is 4.63. The maximum absolute atomic E-state index is 4.69. The smallest absolute Gasteiger partial charge is 0.230 e. The molecule has 150 valence electrons.